The summed E-state index contributed by atoms with van der Waals surface area (Å²) in [4.78, 5) is 26.3. The molecule has 7 rings (SSSR count). The van der Waals surface area contributed by atoms with E-state index in [1.807, 2.05) is 59.6 Å². The van der Waals surface area contributed by atoms with Crippen LogP contribution in [0.3, 0.4) is 0 Å². The van der Waals surface area contributed by atoms with Gasteiger partial charge >= 0.3 is 0 Å². The zero-order valence-corrected chi connectivity index (χ0v) is 24.6. The topological polar surface area (TPSA) is 93.8 Å². The number of ether oxygens (including phenoxy) is 2. The molecule has 0 saturated carbocycles. The molecule has 2 aliphatic rings. The summed E-state index contributed by atoms with van der Waals surface area (Å²) in [6, 6.07) is 28.1. The van der Waals surface area contributed by atoms with E-state index in [0.717, 1.165) is 41.2 Å². The van der Waals surface area contributed by atoms with Gasteiger partial charge in [0.05, 0.1) is 13.2 Å². The Morgan fingerprint density at radius 1 is 0.909 bits per heavy atom. The van der Waals surface area contributed by atoms with E-state index in [1.165, 1.54) is 5.56 Å². The molecular weight excluding hydrogens is 554 g/mol. The quantitative estimate of drug-likeness (QED) is 0.210. The van der Waals surface area contributed by atoms with Crippen LogP contribution in [-0.4, -0.2) is 58.8 Å². The fourth-order valence-electron chi connectivity index (χ4n) is 5.78. The van der Waals surface area contributed by atoms with Crippen LogP contribution in [0.1, 0.15) is 29.3 Å². The largest absolute Gasteiger partial charge is 0.457 e. The number of carbonyl (C=O) groups excluding carboxylic acids is 1. The molecule has 0 N–H and O–H groups in total. The van der Waals surface area contributed by atoms with Gasteiger partial charge in [-0.3, -0.25) is 4.79 Å². The first-order valence-corrected chi connectivity index (χ1v) is 14.9. The summed E-state index contributed by atoms with van der Waals surface area (Å²) in [7, 11) is 0. The van der Waals surface area contributed by atoms with Crippen LogP contribution in [0.15, 0.2) is 95.6 Å². The SMILES string of the molecule is Cc1noc(-c2ccc(Oc3cc(-c4ccc(N5CCOCC5)nc4)ccc3CN3CC(c4ccccc4)CC3=O)cc2)n1. The third-order valence-corrected chi connectivity index (χ3v) is 8.19. The second-order valence-electron chi connectivity index (χ2n) is 11.2. The van der Waals surface area contributed by atoms with Crippen molar-refractivity contribution in [3.8, 4) is 34.1 Å². The molecule has 0 aliphatic carbocycles. The van der Waals surface area contributed by atoms with Crippen molar-refractivity contribution in [2.45, 2.75) is 25.8 Å². The fourth-order valence-corrected chi connectivity index (χ4v) is 5.78. The van der Waals surface area contributed by atoms with Crippen LogP contribution in [0.2, 0.25) is 0 Å². The predicted molar refractivity (Wildman–Crippen MR) is 166 cm³/mol. The van der Waals surface area contributed by atoms with Crippen LogP contribution in [0, 0.1) is 6.92 Å². The number of pyridine rings is 1. The van der Waals surface area contributed by atoms with Crippen molar-refractivity contribution < 1.29 is 18.8 Å². The molecule has 2 saturated heterocycles. The van der Waals surface area contributed by atoms with Crippen LogP contribution in [-0.2, 0) is 16.1 Å². The Kier molecular flexibility index (Phi) is 7.77. The second kappa shape index (κ2) is 12.3. The molecule has 44 heavy (non-hydrogen) atoms. The second-order valence-corrected chi connectivity index (χ2v) is 11.2. The lowest BCUT2D eigenvalue weighted by atomic mass is 9.98. The molecule has 1 unspecified atom stereocenters. The Balaban J connectivity index is 1.16. The molecule has 2 aliphatic heterocycles. The highest BCUT2D eigenvalue weighted by Gasteiger charge is 2.31. The fraction of sp³-hybridized carbons (Fsp3) is 0.257. The predicted octanol–water partition coefficient (Wildman–Crippen LogP) is 6.25. The molecule has 222 valence electrons. The average molecular weight is 588 g/mol. The number of hydrogen-bond acceptors (Lipinski definition) is 8. The molecular formula is C35H33N5O4. The normalized spacial score (nSPS) is 16.8. The van der Waals surface area contributed by atoms with E-state index in [1.54, 1.807) is 6.92 Å². The van der Waals surface area contributed by atoms with Crippen LogP contribution in [0.5, 0.6) is 11.5 Å². The van der Waals surface area contributed by atoms with Gasteiger partial charge in [0.25, 0.3) is 5.89 Å². The first-order chi connectivity index (χ1) is 21.6. The minimum atomic E-state index is 0.149. The van der Waals surface area contributed by atoms with E-state index in [2.05, 4.69) is 51.4 Å². The zero-order chi connectivity index (χ0) is 29.9. The van der Waals surface area contributed by atoms with Gasteiger partial charge in [-0.25, -0.2) is 4.98 Å². The van der Waals surface area contributed by atoms with E-state index < -0.39 is 0 Å². The highest BCUT2D eigenvalue weighted by Crippen LogP contribution is 2.35. The molecule has 9 nitrogen and oxygen atoms in total. The average Bonchev–Trinajstić information content (AvgIpc) is 3.68. The molecule has 2 aromatic heterocycles. The van der Waals surface area contributed by atoms with Gasteiger partial charge in [0, 0.05) is 61.4 Å². The van der Waals surface area contributed by atoms with Crippen LogP contribution >= 0.6 is 0 Å². The van der Waals surface area contributed by atoms with E-state index in [4.69, 9.17) is 19.0 Å². The molecule has 3 aromatic carbocycles. The van der Waals surface area contributed by atoms with Crippen molar-refractivity contribution in [1.82, 2.24) is 20.0 Å². The summed E-state index contributed by atoms with van der Waals surface area (Å²) in [5.41, 5.74) is 4.91. The van der Waals surface area contributed by atoms with Gasteiger partial charge in [-0.15, -0.1) is 0 Å². The third kappa shape index (κ3) is 6.05. The van der Waals surface area contributed by atoms with E-state index in [0.29, 0.717) is 55.9 Å². The first kappa shape index (κ1) is 27.8. The lowest BCUT2D eigenvalue weighted by Gasteiger charge is -2.27. The monoisotopic (exact) mass is 587 g/mol. The summed E-state index contributed by atoms with van der Waals surface area (Å²) in [5.74, 6) is 3.68. The summed E-state index contributed by atoms with van der Waals surface area (Å²) in [5, 5.41) is 3.88. The van der Waals surface area contributed by atoms with Crippen LogP contribution < -0.4 is 9.64 Å². The number of likely N-dealkylation sites (tertiary alicyclic amines) is 1. The standard InChI is InChI=1S/C35H33N5O4/c1-24-37-35(44-38-24)26-9-12-31(13-10-26)43-32-19-27(28-11-14-33(36-21-28)39-15-17-42-18-16-39)7-8-29(32)22-40-23-30(20-34(40)41)25-5-3-2-4-6-25/h2-14,19,21,30H,15-18,20,22-23H2,1H3. The molecule has 1 atom stereocenters. The first-order valence-electron chi connectivity index (χ1n) is 14.9. The molecule has 2 fully saturated rings. The lowest BCUT2D eigenvalue weighted by Crippen LogP contribution is -2.36. The van der Waals surface area contributed by atoms with Gasteiger partial charge < -0.3 is 23.8 Å². The Hall–Kier alpha value is -5.02. The number of nitrogens with zero attached hydrogens (tertiary/aromatic N) is 5. The van der Waals surface area contributed by atoms with E-state index in [9.17, 15) is 4.79 Å². The van der Waals surface area contributed by atoms with Crippen molar-refractivity contribution in [2.75, 3.05) is 37.7 Å². The van der Waals surface area contributed by atoms with Gasteiger partial charge in [0.15, 0.2) is 5.82 Å². The zero-order valence-electron chi connectivity index (χ0n) is 24.6. The van der Waals surface area contributed by atoms with E-state index >= 15 is 0 Å². The highest BCUT2D eigenvalue weighted by molar-refractivity contribution is 5.80. The lowest BCUT2D eigenvalue weighted by molar-refractivity contribution is -0.128. The van der Waals surface area contributed by atoms with E-state index in [-0.39, 0.29) is 11.8 Å². The summed E-state index contributed by atoms with van der Waals surface area (Å²) in [6.07, 6.45) is 2.41. The number of aromatic nitrogens is 3. The van der Waals surface area contributed by atoms with Gasteiger partial charge in [-0.2, -0.15) is 4.98 Å². The molecule has 9 heteroatoms. The van der Waals surface area contributed by atoms with Crippen molar-refractivity contribution in [3.05, 3.63) is 108 Å². The van der Waals surface area contributed by atoms with Crippen molar-refractivity contribution in [2.24, 2.45) is 0 Å². The number of amides is 1. The Labute approximate surface area is 256 Å². The maximum absolute atomic E-state index is 13.1. The van der Waals surface area contributed by atoms with Gasteiger partial charge in [0.2, 0.25) is 5.91 Å². The number of hydrogen-bond donors (Lipinski definition) is 0. The summed E-state index contributed by atoms with van der Waals surface area (Å²) >= 11 is 0. The van der Waals surface area contributed by atoms with Crippen molar-refractivity contribution >= 4 is 11.7 Å². The highest BCUT2D eigenvalue weighted by atomic mass is 16.5. The number of aryl methyl sites for hydroxylation is 1. The number of morpholine rings is 1. The third-order valence-electron chi connectivity index (χ3n) is 8.19. The molecule has 5 aromatic rings. The minimum absolute atomic E-state index is 0.149. The Morgan fingerprint density at radius 2 is 1.68 bits per heavy atom. The molecule has 1 amide bonds. The molecule has 0 spiro atoms. The van der Waals surface area contributed by atoms with Crippen LogP contribution in [0.4, 0.5) is 5.82 Å². The van der Waals surface area contributed by atoms with Crippen LogP contribution in [0.25, 0.3) is 22.6 Å². The number of anilines is 1. The van der Waals surface area contributed by atoms with Gasteiger partial charge in [-0.1, -0.05) is 47.6 Å². The van der Waals surface area contributed by atoms with Gasteiger partial charge in [0.1, 0.15) is 17.3 Å². The Morgan fingerprint density at radius 3 is 2.41 bits per heavy atom. The smallest absolute Gasteiger partial charge is 0.257 e. The number of carbonyl (C=O) groups is 1. The molecule has 0 radical (unpaired) electrons. The molecule has 0 bridgehead atoms. The number of benzene rings is 3. The number of rotatable bonds is 8. The maximum atomic E-state index is 13.1. The van der Waals surface area contributed by atoms with Crippen molar-refractivity contribution in [1.29, 1.82) is 0 Å². The molecule has 4 heterocycles. The summed E-state index contributed by atoms with van der Waals surface area (Å²) in [6.45, 7) is 6.03. The Bertz CT molecular complexity index is 1730. The van der Waals surface area contributed by atoms with Crippen molar-refractivity contribution in [3.63, 3.8) is 0 Å². The maximum Gasteiger partial charge on any atom is 0.257 e. The minimum Gasteiger partial charge on any atom is -0.457 e. The van der Waals surface area contributed by atoms with Gasteiger partial charge in [-0.05, 0) is 60.5 Å². The summed E-state index contributed by atoms with van der Waals surface area (Å²) < 4.78 is 17.3.